The van der Waals surface area contributed by atoms with E-state index in [4.69, 9.17) is 25.8 Å². The van der Waals surface area contributed by atoms with Gasteiger partial charge in [0.2, 0.25) is 0 Å². The minimum absolute atomic E-state index is 0.0126. The number of rotatable bonds is 6. The number of hydrogen-bond donors (Lipinski definition) is 2. The third-order valence-corrected chi connectivity index (χ3v) is 6.21. The number of allylic oxidation sites excluding steroid dienone is 3. The zero-order chi connectivity index (χ0) is 24.4. The number of dihydropyridines is 1. The number of benzene rings is 1. The van der Waals surface area contributed by atoms with Gasteiger partial charge in [-0.05, 0) is 50.8 Å². The van der Waals surface area contributed by atoms with E-state index in [0.29, 0.717) is 23.4 Å². The smallest absolute Gasteiger partial charge is 0.336 e. The monoisotopic (exact) mass is 477 g/mol. The second-order valence-corrected chi connectivity index (χ2v) is 8.45. The lowest BCUT2D eigenvalue weighted by Crippen LogP contribution is -2.43. The Labute approximate surface area is 197 Å². The number of ketones is 1. The van der Waals surface area contributed by atoms with Crippen molar-refractivity contribution in [3.05, 3.63) is 45.3 Å². The molecule has 0 radical (unpaired) electrons. The van der Waals surface area contributed by atoms with Crippen molar-refractivity contribution in [3.8, 4) is 11.5 Å². The van der Waals surface area contributed by atoms with Crippen molar-refractivity contribution in [2.75, 3.05) is 20.3 Å². The molecule has 33 heavy (non-hydrogen) atoms. The van der Waals surface area contributed by atoms with Gasteiger partial charge in [-0.15, -0.1) is 0 Å². The number of carbonyl (C=O) groups is 3. The van der Waals surface area contributed by atoms with Crippen LogP contribution in [0.1, 0.15) is 45.6 Å². The van der Waals surface area contributed by atoms with E-state index in [9.17, 15) is 19.5 Å². The van der Waals surface area contributed by atoms with Crippen molar-refractivity contribution < 1.29 is 33.7 Å². The number of phenolic OH excluding ortho intramolecular Hbond substituents is 1. The van der Waals surface area contributed by atoms with Crippen LogP contribution in [0.4, 0.5) is 0 Å². The maximum absolute atomic E-state index is 13.7. The number of aromatic hydroxyl groups is 1. The Bertz CT molecular complexity index is 1060. The summed E-state index contributed by atoms with van der Waals surface area (Å²) in [6, 6.07) is 3.04. The molecule has 2 aliphatic rings. The highest BCUT2D eigenvalue weighted by Gasteiger charge is 2.47. The molecule has 0 saturated heterocycles. The Balaban J connectivity index is 2.26. The lowest BCUT2D eigenvalue weighted by molar-refractivity contribution is -0.151. The minimum atomic E-state index is -1.00. The number of ether oxygens (including phenoxy) is 3. The molecule has 8 nitrogen and oxygen atoms in total. The maximum Gasteiger partial charge on any atom is 0.336 e. The molecular weight excluding hydrogens is 450 g/mol. The standard InChI is InChI=1S/C24H28ClNO7/c1-6-32-16-10-13(9-14(25)21(16)27)19-18(24(30)33-7-2)12(4)26-15-8-11(3)17(23(29)31-5)22(28)20(15)19/h9-11,17,19,26-27H,6-8H2,1-5H3/t11-,17-,19+/m1/s1. The van der Waals surface area contributed by atoms with Crippen LogP contribution in [-0.2, 0) is 23.9 Å². The zero-order valence-corrected chi connectivity index (χ0v) is 20.0. The van der Waals surface area contributed by atoms with E-state index in [1.165, 1.54) is 13.2 Å². The molecule has 1 aromatic carbocycles. The fourth-order valence-electron chi connectivity index (χ4n) is 4.52. The second kappa shape index (κ2) is 9.87. The van der Waals surface area contributed by atoms with Crippen LogP contribution in [0, 0.1) is 11.8 Å². The van der Waals surface area contributed by atoms with Gasteiger partial charge in [-0.25, -0.2) is 4.79 Å². The van der Waals surface area contributed by atoms with Crippen molar-refractivity contribution in [1.29, 1.82) is 0 Å². The summed E-state index contributed by atoms with van der Waals surface area (Å²) in [7, 11) is 1.24. The molecule has 1 aliphatic carbocycles. The van der Waals surface area contributed by atoms with Gasteiger partial charge in [0, 0.05) is 22.9 Å². The third-order valence-electron chi connectivity index (χ3n) is 5.92. The molecule has 2 N–H and O–H groups in total. The van der Waals surface area contributed by atoms with Gasteiger partial charge in [0.1, 0.15) is 5.92 Å². The third kappa shape index (κ3) is 4.44. The van der Waals surface area contributed by atoms with Crippen LogP contribution in [0.15, 0.2) is 34.7 Å². The van der Waals surface area contributed by atoms with Gasteiger partial charge in [0.15, 0.2) is 17.3 Å². The summed E-state index contributed by atoms with van der Waals surface area (Å²) in [5.74, 6) is -3.92. The number of Topliss-reactive ketones (excluding diaryl/α,β-unsaturated/α-hetero) is 1. The molecule has 0 spiro atoms. The highest BCUT2D eigenvalue weighted by molar-refractivity contribution is 6.32. The van der Waals surface area contributed by atoms with E-state index in [1.54, 1.807) is 26.8 Å². The number of halogens is 1. The number of phenols is 1. The van der Waals surface area contributed by atoms with E-state index in [0.717, 1.165) is 0 Å². The maximum atomic E-state index is 13.7. The number of methoxy groups -OCH3 is 1. The quantitative estimate of drug-likeness (QED) is 0.472. The first-order valence-corrected chi connectivity index (χ1v) is 11.2. The van der Waals surface area contributed by atoms with Gasteiger partial charge in [0.25, 0.3) is 0 Å². The predicted octanol–water partition coefficient (Wildman–Crippen LogP) is 3.62. The number of esters is 2. The Morgan fingerprint density at radius 2 is 1.94 bits per heavy atom. The molecule has 1 aliphatic heterocycles. The number of nitrogens with one attached hydrogen (secondary N) is 1. The second-order valence-electron chi connectivity index (χ2n) is 8.04. The summed E-state index contributed by atoms with van der Waals surface area (Å²) in [6.07, 6.45) is 0.412. The summed E-state index contributed by atoms with van der Waals surface area (Å²) in [5.41, 5.74) is 2.14. The Morgan fingerprint density at radius 1 is 1.24 bits per heavy atom. The molecule has 3 rings (SSSR count). The van der Waals surface area contributed by atoms with Gasteiger partial charge in [0.05, 0.1) is 30.9 Å². The molecule has 3 atom stereocenters. The van der Waals surface area contributed by atoms with Gasteiger partial charge in [-0.2, -0.15) is 0 Å². The van der Waals surface area contributed by atoms with Crippen molar-refractivity contribution in [2.45, 2.75) is 40.0 Å². The lowest BCUT2D eigenvalue weighted by atomic mass is 9.69. The number of hydrogen-bond acceptors (Lipinski definition) is 8. The lowest BCUT2D eigenvalue weighted by Gasteiger charge is -2.38. The average Bonchev–Trinajstić information content (AvgIpc) is 2.75. The summed E-state index contributed by atoms with van der Waals surface area (Å²) < 4.78 is 15.7. The van der Waals surface area contributed by atoms with Crippen LogP contribution in [0.25, 0.3) is 0 Å². The van der Waals surface area contributed by atoms with Crippen LogP contribution < -0.4 is 10.1 Å². The first-order chi connectivity index (χ1) is 15.7. The summed E-state index contributed by atoms with van der Waals surface area (Å²) >= 11 is 6.28. The minimum Gasteiger partial charge on any atom is -0.503 e. The van der Waals surface area contributed by atoms with E-state index in [2.05, 4.69) is 5.32 Å². The molecule has 1 heterocycles. The first-order valence-electron chi connectivity index (χ1n) is 10.8. The van der Waals surface area contributed by atoms with Crippen molar-refractivity contribution in [2.24, 2.45) is 11.8 Å². The fourth-order valence-corrected chi connectivity index (χ4v) is 4.74. The Hall–Kier alpha value is -3.00. The Kier molecular flexibility index (Phi) is 7.37. The molecule has 0 bridgehead atoms. The van der Waals surface area contributed by atoms with Crippen LogP contribution in [0.2, 0.25) is 5.02 Å². The summed E-state index contributed by atoms with van der Waals surface area (Å²) in [6.45, 7) is 7.40. The van der Waals surface area contributed by atoms with Gasteiger partial charge >= 0.3 is 11.9 Å². The molecule has 0 unspecified atom stereocenters. The molecule has 0 fully saturated rings. The zero-order valence-electron chi connectivity index (χ0n) is 19.3. The van der Waals surface area contributed by atoms with E-state index in [-0.39, 0.29) is 46.8 Å². The molecule has 178 valence electrons. The van der Waals surface area contributed by atoms with Crippen LogP contribution in [0.5, 0.6) is 11.5 Å². The SMILES string of the molecule is CCOC(=O)C1=C(C)NC2=C(C(=O)[C@H](C(=O)OC)[C@H](C)C2)[C@H]1c1cc(Cl)c(O)c(OCC)c1. The predicted molar refractivity (Wildman–Crippen MR) is 121 cm³/mol. The van der Waals surface area contributed by atoms with Gasteiger partial charge < -0.3 is 24.6 Å². The highest BCUT2D eigenvalue weighted by Crippen LogP contribution is 2.48. The van der Waals surface area contributed by atoms with E-state index < -0.39 is 29.6 Å². The Morgan fingerprint density at radius 3 is 2.55 bits per heavy atom. The van der Waals surface area contributed by atoms with Gasteiger partial charge in [-0.3, -0.25) is 9.59 Å². The van der Waals surface area contributed by atoms with Crippen LogP contribution in [-0.4, -0.2) is 43.2 Å². The molecular formula is C24H28ClNO7. The van der Waals surface area contributed by atoms with Gasteiger partial charge in [-0.1, -0.05) is 18.5 Å². The number of carbonyl (C=O) groups excluding carboxylic acids is 3. The molecule has 0 amide bonds. The van der Waals surface area contributed by atoms with Crippen molar-refractivity contribution >= 4 is 29.3 Å². The first kappa shape index (κ1) is 24.6. The van der Waals surface area contributed by atoms with Crippen LogP contribution >= 0.6 is 11.6 Å². The van der Waals surface area contributed by atoms with Crippen molar-refractivity contribution in [1.82, 2.24) is 5.32 Å². The van der Waals surface area contributed by atoms with E-state index >= 15 is 0 Å². The molecule has 0 aromatic heterocycles. The van der Waals surface area contributed by atoms with Crippen LogP contribution in [0.3, 0.4) is 0 Å². The summed E-state index contributed by atoms with van der Waals surface area (Å²) in [4.78, 5) is 39.1. The summed E-state index contributed by atoms with van der Waals surface area (Å²) in [5, 5.41) is 13.5. The normalized spacial score (nSPS) is 22.5. The molecule has 0 saturated carbocycles. The van der Waals surface area contributed by atoms with E-state index in [1.807, 2.05) is 6.92 Å². The average molecular weight is 478 g/mol. The topological polar surface area (TPSA) is 111 Å². The van der Waals surface area contributed by atoms with Crippen molar-refractivity contribution in [3.63, 3.8) is 0 Å². The highest BCUT2D eigenvalue weighted by atomic mass is 35.5. The molecule has 1 aromatic rings. The largest absolute Gasteiger partial charge is 0.503 e. The fraction of sp³-hybridized carbons (Fsp3) is 0.458. The molecule has 9 heteroatoms.